The SMILES string of the molecule is O=C(OCc1nnnn1-c1ccccc1)c1ccc(Br)cc1. The molecule has 0 aliphatic heterocycles. The highest BCUT2D eigenvalue weighted by molar-refractivity contribution is 9.10. The summed E-state index contributed by atoms with van der Waals surface area (Å²) in [6.45, 7) is -0.00318. The molecule has 3 rings (SSSR count). The van der Waals surface area contributed by atoms with Gasteiger partial charge in [0.15, 0.2) is 12.4 Å². The lowest BCUT2D eigenvalue weighted by molar-refractivity contribution is 0.0459. The van der Waals surface area contributed by atoms with E-state index < -0.39 is 5.97 Å². The number of hydrogen-bond donors (Lipinski definition) is 0. The van der Waals surface area contributed by atoms with Crippen molar-refractivity contribution in [2.45, 2.75) is 6.61 Å². The van der Waals surface area contributed by atoms with Gasteiger partial charge in [-0.15, -0.1) is 5.10 Å². The molecule has 1 heterocycles. The number of tetrazole rings is 1. The Morgan fingerprint density at radius 1 is 1.09 bits per heavy atom. The van der Waals surface area contributed by atoms with Crippen molar-refractivity contribution in [2.24, 2.45) is 0 Å². The number of para-hydroxylation sites is 1. The Morgan fingerprint density at radius 2 is 1.82 bits per heavy atom. The van der Waals surface area contributed by atoms with Crippen molar-refractivity contribution in [2.75, 3.05) is 0 Å². The van der Waals surface area contributed by atoms with E-state index in [1.54, 1.807) is 24.3 Å². The van der Waals surface area contributed by atoms with Crippen LogP contribution in [0.25, 0.3) is 5.69 Å². The summed E-state index contributed by atoms with van der Waals surface area (Å²) in [4.78, 5) is 12.0. The van der Waals surface area contributed by atoms with Crippen LogP contribution in [-0.2, 0) is 11.3 Å². The number of carbonyl (C=O) groups is 1. The van der Waals surface area contributed by atoms with Gasteiger partial charge in [0.2, 0.25) is 0 Å². The lowest BCUT2D eigenvalue weighted by Crippen LogP contribution is -2.09. The second-order valence-electron chi connectivity index (χ2n) is 4.43. The van der Waals surface area contributed by atoms with E-state index in [1.165, 1.54) is 4.68 Å². The molecule has 6 nitrogen and oxygen atoms in total. The Balaban J connectivity index is 1.71. The molecule has 3 aromatic rings. The predicted molar refractivity (Wildman–Crippen MR) is 82.4 cm³/mol. The fraction of sp³-hybridized carbons (Fsp3) is 0.0667. The molecule has 0 saturated heterocycles. The van der Waals surface area contributed by atoms with Gasteiger partial charge in [-0.25, -0.2) is 4.79 Å². The quantitative estimate of drug-likeness (QED) is 0.670. The molecule has 0 amide bonds. The average Bonchev–Trinajstić information content (AvgIpc) is 3.02. The third-order valence-corrected chi connectivity index (χ3v) is 3.48. The van der Waals surface area contributed by atoms with Gasteiger partial charge in [-0.1, -0.05) is 34.1 Å². The van der Waals surface area contributed by atoms with E-state index in [4.69, 9.17) is 4.74 Å². The van der Waals surface area contributed by atoms with Gasteiger partial charge >= 0.3 is 5.97 Å². The number of halogens is 1. The number of esters is 1. The van der Waals surface area contributed by atoms with Crippen LogP contribution < -0.4 is 0 Å². The molecule has 1 aromatic heterocycles. The smallest absolute Gasteiger partial charge is 0.338 e. The summed E-state index contributed by atoms with van der Waals surface area (Å²) in [5.41, 5.74) is 1.28. The van der Waals surface area contributed by atoms with Crippen LogP contribution in [0.4, 0.5) is 0 Å². The van der Waals surface area contributed by atoms with Crippen molar-refractivity contribution in [1.29, 1.82) is 0 Å². The van der Waals surface area contributed by atoms with Crippen LogP contribution in [0.5, 0.6) is 0 Å². The second-order valence-corrected chi connectivity index (χ2v) is 5.34. The molecule has 0 aliphatic rings. The summed E-state index contributed by atoms with van der Waals surface area (Å²) in [6, 6.07) is 16.4. The Labute approximate surface area is 134 Å². The maximum atomic E-state index is 12.0. The number of nitrogens with zero attached hydrogens (tertiary/aromatic N) is 4. The molecule has 0 bridgehead atoms. The number of benzene rings is 2. The summed E-state index contributed by atoms with van der Waals surface area (Å²) >= 11 is 3.32. The first-order chi connectivity index (χ1) is 10.7. The van der Waals surface area contributed by atoms with Gasteiger partial charge in [-0.05, 0) is 46.8 Å². The standard InChI is InChI=1S/C15H11BrN4O2/c16-12-8-6-11(7-9-12)15(21)22-10-14-17-18-19-20(14)13-4-2-1-3-5-13/h1-9H,10H2. The minimum atomic E-state index is -0.421. The fourth-order valence-electron chi connectivity index (χ4n) is 1.86. The average molecular weight is 359 g/mol. The van der Waals surface area contributed by atoms with Crippen LogP contribution >= 0.6 is 15.9 Å². The van der Waals surface area contributed by atoms with Crippen LogP contribution in [0.1, 0.15) is 16.2 Å². The van der Waals surface area contributed by atoms with E-state index in [1.807, 2.05) is 30.3 Å². The van der Waals surface area contributed by atoms with Crippen molar-refractivity contribution in [3.63, 3.8) is 0 Å². The maximum absolute atomic E-state index is 12.0. The summed E-state index contributed by atoms with van der Waals surface area (Å²) in [5, 5.41) is 11.4. The highest BCUT2D eigenvalue weighted by Crippen LogP contribution is 2.12. The summed E-state index contributed by atoms with van der Waals surface area (Å²) in [7, 11) is 0. The molecule has 0 radical (unpaired) electrons. The number of rotatable bonds is 4. The molecular weight excluding hydrogens is 348 g/mol. The van der Waals surface area contributed by atoms with E-state index in [0.29, 0.717) is 11.4 Å². The van der Waals surface area contributed by atoms with Crippen molar-refractivity contribution in [1.82, 2.24) is 20.2 Å². The predicted octanol–water partition coefficient (Wildman–Crippen LogP) is 2.78. The molecule has 0 spiro atoms. The monoisotopic (exact) mass is 358 g/mol. The molecule has 0 aliphatic carbocycles. The Morgan fingerprint density at radius 3 is 2.55 bits per heavy atom. The Hall–Kier alpha value is -2.54. The van der Waals surface area contributed by atoms with E-state index in [0.717, 1.165) is 10.2 Å². The molecule has 0 saturated carbocycles. The van der Waals surface area contributed by atoms with Crippen LogP contribution in [0.3, 0.4) is 0 Å². The minimum absolute atomic E-state index is 0.00318. The summed E-state index contributed by atoms with van der Waals surface area (Å²) < 4.78 is 7.69. The first kappa shape index (κ1) is 14.4. The van der Waals surface area contributed by atoms with Crippen LogP contribution in [-0.4, -0.2) is 26.2 Å². The van der Waals surface area contributed by atoms with Gasteiger partial charge < -0.3 is 4.74 Å². The second kappa shape index (κ2) is 6.48. The highest BCUT2D eigenvalue weighted by atomic mass is 79.9. The molecule has 110 valence electrons. The van der Waals surface area contributed by atoms with Crippen molar-refractivity contribution in [3.8, 4) is 5.69 Å². The van der Waals surface area contributed by atoms with Crippen molar-refractivity contribution < 1.29 is 9.53 Å². The molecular formula is C15H11BrN4O2. The first-order valence-electron chi connectivity index (χ1n) is 6.49. The van der Waals surface area contributed by atoms with Crippen molar-refractivity contribution >= 4 is 21.9 Å². The van der Waals surface area contributed by atoms with Crippen LogP contribution in [0.2, 0.25) is 0 Å². The van der Waals surface area contributed by atoms with Gasteiger partial charge in [-0.3, -0.25) is 0 Å². The Bertz CT molecular complexity index is 772. The number of ether oxygens (including phenoxy) is 1. The van der Waals surface area contributed by atoms with Gasteiger partial charge in [0.25, 0.3) is 0 Å². The van der Waals surface area contributed by atoms with E-state index >= 15 is 0 Å². The normalized spacial score (nSPS) is 10.4. The summed E-state index contributed by atoms with van der Waals surface area (Å²) in [6.07, 6.45) is 0. The van der Waals surface area contributed by atoms with E-state index in [2.05, 4.69) is 31.5 Å². The molecule has 0 unspecified atom stereocenters. The molecule has 0 N–H and O–H groups in total. The lowest BCUT2D eigenvalue weighted by atomic mass is 10.2. The molecule has 0 atom stereocenters. The van der Waals surface area contributed by atoms with Crippen molar-refractivity contribution in [3.05, 3.63) is 70.5 Å². The maximum Gasteiger partial charge on any atom is 0.338 e. The van der Waals surface area contributed by atoms with Gasteiger partial charge in [0.1, 0.15) is 0 Å². The number of hydrogen-bond acceptors (Lipinski definition) is 5. The fourth-order valence-corrected chi connectivity index (χ4v) is 2.13. The summed E-state index contributed by atoms with van der Waals surface area (Å²) in [5.74, 6) is 0.0340. The third kappa shape index (κ3) is 3.20. The molecule has 0 fully saturated rings. The van der Waals surface area contributed by atoms with Gasteiger partial charge in [-0.2, -0.15) is 4.68 Å². The number of carbonyl (C=O) groups excluding carboxylic acids is 1. The van der Waals surface area contributed by atoms with Gasteiger partial charge in [0, 0.05) is 4.47 Å². The van der Waals surface area contributed by atoms with E-state index in [9.17, 15) is 4.79 Å². The first-order valence-corrected chi connectivity index (χ1v) is 7.29. The zero-order chi connectivity index (χ0) is 15.4. The zero-order valence-corrected chi connectivity index (χ0v) is 13.0. The molecule has 22 heavy (non-hydrogen) atoms. The lowest BCUT2D eigenvalue weighted by Gasteiger charge is -2.06. The van der Waals surface area contributed by atoms with E-state index in [-0.39, 0.29) is 6.61 Å². The zero-order valence-electron chi connectivity index (χ0n) is 11.4. The molecule has 2 aromatic carbocycles. The van der Waals surface area contributed by atoms with Crippen LogP contribution in [0, 0.1) is 0 Å². The van der Waals surface area contributed by atoms with Gasteiger partial charge in [0.05, 0.1) is 11.3 Å². The number of aromatic nitrogens is 4. The Kier molecular flexibility index (Phi) is 4.24. The molecule has 7 heteroatoms. The topological polar surface area (TPSA) is 69.9 Å². The third-order valence-electron chi connectivity index (χ3n) is 2.95. The largest absolute Gasteiger partial charge is 0.454 e. The minimum Gasteiger partial charge on any atom is -0.454 e. The highest BCUT2D eigenvalue weighted by Gasteiger charge is 2.12. The van der Waals surface area contributed by atoms with Crippen LogP contribution in [0.15, 0.2) is 59.1 Å².